The molecule has 4 rings (SSSR count). The maximum atomic E-state index is 13.1. The van der Waals surface area contributed by atoms with Crippen molar-refractivity contribution in [3.05, 3.63) is 76.0 Å². The Balaban J connectivity index is 1.98. The van der Waals surface area contributed by atoms with Gasteiger partial charge in [-0.05, 0) is 24.1 Å². The van der Waals surface area contributed by atoms with E-state index in [-0.39, 0.29) is 23.8 Å². The second-order valence-electron chi connectivity index (χ2n) is 7.20. The molecule has 2 atom stereocenters. The Hall–Kier alpha value is -3.48. The fourth-order valence-corrected chi connectivity index (χ4v) is 4.17. The van der Waals surface area contributed by atoms with Crippen LogP contribution in [0.15, 0.2) is 60.3 Å². The standard InChI is InChI=1S/C22H21N3O4/c1-2-20(27)24-18-11-4-3-9-16(18)23-17-10-6-12-19(26)21(17)22(24)14-7-5-8-15(13-14)25(28)29/h3-5,7-11,13,21-23H,2,6,12H2,1H3/t21-,22+/m1/s1. The van der Waals surface area contributed by atoms with Crippen molar-refractivity contribution in [3.8, 4) is 0 Å². The second kappa shape index (κ2) is 7.50. The van der Waals surface area contributed by atoms with Crippen molar-refractivity contribution >= 4 is 28.8 Å². The molecule has 0 unspecified atom stereocenters. The Bertz CT molecular complexity index is 1030. The Labute approximate surface area is 168 Å². The van der Waals surface area contributed by atoms with Gasteiger partial charge in [0.15, 0.2) is 0 Å². The largest absolute Gasteiger partial charge is 0.357 e. The average Bonchev–Trinajstić information content (AvgIpc) is 2.88. The first kappa shape index (κ1) is 18.9. The molecule has 0 saturated heterocycles. The SMILES string of the molecule is CCC(=O)N1c2ccccc2NC2=CCCC(=O)[C@@H]2[C@@H]1c1cccc([N+](=O)[O-])c1. The number of carbonyl (C=O) groups is 2. The quantitative estimate of drug-likeness (QED) is 0.620. The van der Waals surface area contributed by atoms with Crippen molar-refractivity contribution in [2.24, 2.45) is 5.92 Å². The molecule has 0 spiro atoms. The third-order valence-corrected chi connectivity index (χ3v) is 5.47. The van der Waals surface area contributed by atoms with E-state index in [1.165, 1.54) is 12.1 Å². The molecule has 0 aromatic heterocycles. The summed E-state index contributed by atoms with van der Waals surface area (Å²) < 4.78 is 0. The zero-order valence-electron chi connectivity index (χ0n) is 16.0. The second-order valence-corrected chi connectivity index (χ2v) is 7.20. The Morgan fingerprint density at radius 3 is 2.79 bits per heavy atom. The number of non-ortho nitro benzene ring substituents is 1. The number of ketones is 1. The van der Waals surface area contributed by atoms with Gasteiger partial charge in [0.25, 0.3) is 5.69 Å². The lowest BCUT2D eigenvalue weighted by atomic mass is 9.81. The number of nitro benzene ring substituents is 1. The number of fused-ring (bicyclic) bond motifs is 2. The van der Waals surface area contributed by atoms with Crippen LogP contribution in [0.25, 0.3) is 0 Å². The number of nitrogens with one attached hydrogen (secondary N) is 1. The first-order valence-electron chi connectivity index (χ1n) is 9.66. The Kier molecular flexibility index (Phi) is 4.88. The molecule has 148 valence electrons. The lowest BCUT2D eigenvalue weighted by Crippen LogP contribution is -2.41. The highest BCUT2D eigenvalue weighted by Crippen LogP contribution is 2.46. The zero-order chi connectivity index (χ0) is 20.5. The number of carbonyl (C=O) groups excluding carboxylic acids is 2. The first-order valence-corrected chi connectivity index (χ1v) is 9.66. The maximum Gasteiger partial charge on any atom is 0.269 e. The Morgan fingerprint density at radius 2 is 2.03 bits per heavy atom. The molecule has 1 heterocycles. The van der Waals surface area contributed by atoms with Gasteiger partial charge in [0.1, 0.15) is 5.78 Å². The molecule has 0 radical (unpaired) electrons. The van der Waals surface area contributed by atoms with E-state index in [1.54, 1.807) is 24.0 Å². The van der Waals surface area contributed by atoms with Gasteiger partial charge in [-0.25, -0.2) is 0 Å². The minimum Gasteiger partial charge on any atom is -0.357 e. The van der Waals surface area contributed by atoms with E-state index in [1.807, 2.05) is 30.3 Å². The van der Waals surface area contributed by atoms with E-state index in [2.05, 4.69) is 5.32 Å². The molecule has 2 aromatic rings. The zero-order valence-corrected chi connectivity index (χ0v) is 16.0. The number of Topliss-reactive ketones (excluding diaryl/α,β-unsaturated/α-hetero) is 1. The summed E-state index contributed by atoms with van der Waals surface area (Å²) in [5, 5.41) is 14.7. The van der Waals surface area contributed by atoms with Gasteiger partial charge >= 0.3 is 0 Å². The van der Waals surface area contributed by atoms with Gasteiger partial charge in [0, 0.05) is 30.7 Å². The number of anilines is 2. The molecular formula is C22H21N3O4. The fraction of sp³-hybridized carbons (Fsp3) is 0.273. The van der Waals surface area contributed by atoms with Gasteiger partial charge in [0.2, 0.25) is 5.91 Å². The molecule has 7 heteroatoms. The van der Waals surface area contributed by atoms with Gasteiger partial charge in [0.05, 0.1) is 28.3 Å². The van der Waals surface area contributed by atoms with E-state index < -0.39 is 16.9 Å². The van der Waals surface area contributed by atoms with Crippen molar-refractivity contribution in [3.63, 3.8) is 0 Å². The van der Waals surface area contributed by atoms with Crippen LogP contribution >= 0.6 is 0 Å². The highest BCUT2D eigenvalue weighted by Gasteiger charge is 2.43. The van der Waals surface area contributed by atoms with Crippen molar-refractivity contribution < 1.29 is 14.5 Å². The topological polar surface area (TPSA) is 92.6 Å². The minimum atomic E-state index is -0.655. The number of amides is 1. The normalized spacial score (nSPS) is 20.7. The molecule has 7 nitrogen and oxygen atoms in total. The molecule has 1 amide bonds. The van der Waals surface area contributed by atoms with Crippen LogP contribution < -0.4 is 10.2 Å². The summed E-state index contributed by atoms with van der Waals surface area (Å²) in [6.07, 6.45) is 3.25. The van der Waals surface area contributed by atoms with E-state index in [4.69, 9.17) is 0 Å². The highest BCUT2D eigenvalue weighted by molar-refractivity contribution is 6.01. The molecular weight excluding hydrogens is 370 g/mol. The van der Waals surface area contributed by atoms with Crippen LogP contribution in [-0.4, -0.2) is 16.6 Å². The smallest absolute Gasteiger partial charge is 0.269 e. The number of nitro groups is 1. The molecule has 1 N–H and O–H groups in total. The van der Waals surface area contributed by atoms with Crippen LogP contribution in [-0.2, 0) is 9.59 Å². The van der Waals surface area contributed by atoms with Crippen LogP contribution in [0.3, 0.4) is 0 Å². The highest BCUT2D eigenvalue weighted by atomic mass is 16.6. The van der Waals surface area contributed by atoms with Crippen LogP contribution in [0, 0.1) is 16.0 Å². The van der Waals surface area contributed by atoms with Crippen LogP contribution in [0.5, 0.6) is 0 Å². The lowest BCUT2D eigenvalue weighted by molar-refractivity contribution is -0.384. The molecule has 2 aromatic carbocycles. The predicted octanol–water partition coefficient (Wildman–Crippen LogP) is 4.37. The molecule has 1 aliphatic heterocycles. The van der Waals surface area contributed by atoms with E-state index >= 15 is 0 Å². The van der Waals surface area contributed by atoms with Crippen LogP contribution in [0.1, 0.15) is 37.8 Å². The summed E-state index contributed by atoms with van der Waals surface area (Å²) in [5.74, 6) is -0.725. The molecule has 0 fully saturated rings. The first-order chi connectivity index (χ1) is 14.0. The summed E-state index contributed by atoms with van der Waals surface area (Å²) in [6, 6.07) is 13.0. The third kappa shape index (κ3) is 3.29. The number of rotatable bonds is 3. The van der Waals surface area contributed by atoms with Crippen molar-refractivity contribution in [1.29, 1.82) is 0 Å². The molecule has 0 bridgehead atoms. The van der Waals surface area contributed by atoms with Crippen molar-refractivity contribution in [2.75, 3.05) is 10.2 Å². The number of hydrogen-bond acceptors (Lipinski definition) is 5. The predicted molar refractivity (Wildman–Crippen MR) is 109 cm³/mol. The van der Waals surface area contributed by atoms with Crippen molar-refractivity contribution in [2.45, 2.75) is 32.2 Å². The molecule has 1 aliphatic carbocycles. The summed E-state index contributed by atoms with van der Waals surface area (Å²) >= 11 is 0. The van der Waals surface area contributed by atoms with Gasteiger partial charge in [-0.15, -0.1) is 0 Å². The third-order valence-electron chi connectivity index (χ3n) is 5.47. The monoisotopic (exact) mass is 391 g/mol. The minimum absolute atomic E-state index is 0.0215. The molecule has 2 aliphatic rings. The number of para-hydroxylation sites is 2. The van der Waals surface area contributed by atoms with Crippen LogP contribution in [0.2, 0.25) is 0 Å². The van der Waals surface area contributed by atoms with Crippen LogP contribution in [0.4, 0.5) is 17.1 Å². The maximum absolute atomic E-state index is 13.1. The van der Waals surface area contributed by atoms with E-state index in [0.29, 0.717) is 24.1 Å². The summed E-state index contributed by atoms with van der Waals surface area (Å²) in [5.41, 5.74) is 2.67. The van der Waals surface area contributed by atoms with E-state index in [9.17, 15) is 19.7 Å². The van der Waals surface area contributed by atoms with Gasteiger partial charge in [-0.2, -0.15) is 0 Å². The Morgan fingerprint density at radius 1 is 1.24 bits per heavy atom. The van der Waals surface area contributed by atoms with Gasteiger partial charge in [-0.1, -0.05) is 37.3 Å². The molecule has 0 saturated carbocycles. The van der Waals surface area contributed by atoms with Gasteiger partial charge < -0.3 is 10.2 Å². The van der Waals surface area contributed by atoms with E-state index in [0.717, 1.165) is 11.4 Å². The number of benzene rings is 2. The summed E-state index contributed by atoms with van der Waals surface area (Å²) in [6.45, 7) is 1.77. The number of hydrogen-bond donors (Lipinski definition) is 1. The number of allylic oxidation sites excluding steroid dienone is 1. The fourth-order valence-electron chi connectivity index (χ4n) is 4.17. The summed E-state index contributed by atoms with van der Waals surface area (Å²) in [7, 11) is 0. The average molecular weight is 391 g/mol. The van der Waals surface area contributed by atoms with Crippen molar-refractivity contribution in [1.82, 2.24) is 0 Å². The van der Waals surface area contributed by atoms with Gasteiger partial charge in [-0.3, -0.25) is 19.7 Å². The summed E-state index contributed by atoms with van der Waals surface area (Å²) in [4.78, 5) is 38.7. The lowest BCUT2D eigenvalue weighted by Gasteiger charge is -2.36. The number of nitrogens with zero attached hydrogens (tertiary/aromatic N) is 2. The molecule has 29 heavy (non-hydrogen) atoms.